The van der Waals surface area contributed by atoms with Crippen LogP contribution >= 0.6 is 0 Å². The third kappa shape index (κ3) is 5.35. The van der Waals surface area contributed by atoms with Crippen molar-refractivity contribution in [2.75, 3.05) is 6.61 Å². The van der Waals surface area contributed by atoms with Crippen molar-refractivity contribution in [1.82, 2.24) is 5.32 Å². The van der Waals surface area contributed by atoms with Gasteiger partial charge in [-0.05, 0) is 31.1 Å². The van der Waals surface area contributed by atoms with Crippen LogP contribution in [0, 0.1) is 11.3 Å². The lowest BCUT2D eigenvalue weighted by Gasteiger charge is -2.27. The molecule has 3 nitrogen and oxygen atoms in total. The second-order valence-corrected chi connectivity index (χ2v) is 6.13. The Bertz CT molecular complexity index is 278. The maximum atomic E-state index is 12.0. The van der Waals surface area contributed by atoms with E-state index in [-0.39, 0.29) is 29.9 Å². The summed E-state index contributed by atoms with van der Waals surface area (Å²) in [5.74, 6) is 0.187. The van der Waals surface area contributed by atoms with Crippen LogP contribution < -0.4 is 5.32 Å². The molecule has 1 aliphatic carbocycles. The minimum absolute atomic E-state index is 0.0194. The van der Waals surface area contributed by atoms with Crippen molar-refractivity contribution in [3.63, 3.8) is 0 Å². The number of carbonyl (C=O) groups is 1. The highest BCUT2D eigenvalue weighted by molar-refractivity contribution is 5.79. The molecule has 0 saturated heterocycles. The van der Waals surface area contributed by atoms with Gasteiger partial charge < -0.3 is 10.4 Å². The summed E-state index contributed by atoms with van der Waals surface area (Å²) >= 11 is 0. The lowest BCUT2D eigenvalue weighted by atomic mass is 9.87. The highest BCUT2D eigenvalue weighted by Crippen LogP contribution is 2.22. The Hall–Kier alpha value is -0.830. The molecule has 2 N–H and O–H groups in total. The monoisotopic (exact) mass is 239 g/mol. The second-order valence-electron chi connectivity index (χ2n) is 6.13. The van der Waals surface area contributed by atoms with Gasteiger partial charge in [-0.2, -0.15) is 0 Å². The van der Waals surface area contributed by atoms with Crippen molar-refractivity contribution in [2.24, 2.45) is 11.3 Å². The molecule has 1 rings (SSSR count). The number of aliphatic hydroxyl groups excluding tert-OH is 1. The number of hydrogen-bond donors (Lipinski definition) is 2. The first kappa shape index (κ1) is 14.2. The van der Waals surface area contributed by atoms with Crippen molar-refractivity contribution in [1.29, 1.82) is 0 Å². The van der Waals surface area contributed by atoms with E-state index in [0.29, 0.717) is 0 Å². The van der Waals surface area contributed by atoms with Gasteiger partial charge in [-0.15, -0.1) is 0 Å². The van der Waals surface area contributed by atoms with Crippen LogP contribution in [0.4, 0.5) is 0 Å². The summed E-state index contributed by atoms with van der Waals surface area (Å²) < 4.78 is 0. The minimum atomic E-state index is -0.117. The highest BCUT2D eigenvalue weighted by atomic mass is 16.3. The molecule has 0 bridgehead atoms. The SMILES string of the molecule is CC(C)(C)CC(CO)NC(=O)C1CC=CCC1. The molecule has 1 amide bonds. The van der Waals surface area contributed by atoms with Gasteiger partial charge in [0.1, 0.15) is 0 Å². The average molecular weight is 239 g/mol. The summed E-state index contributed by atoms with van der Waals surface area (Å²) in [5, 5.41) is 12.3. The van der Waals surface area contributed by atoms with Crippen molar-refractivity contribution in [2.45, 2.75) is 52.5 Å². The van der Waals surface area contributed by atoms with E-state index in [1.807, 2.05) is 0 Å². The smallest absolute Gasteiger partial charge is 0.223 e. The first-order valence-electron chi connectivity index (χ1n) is 6.48. The summed E-state index contributed by atoms with van der Waals surface area (Å²) in [5.41, 5.74) is 0.118. The summed E-state index contributed by atoms with van der Waals surface area (Å²) in [6.07, 6.45) is 7.75. The van der Waals surface area contributed by atoms with Gasteiger partial charge in [-0.1, -0.05) is 32.9 Å². The standard InChI is InChI=1S/C14H25NO2/c1-14(2,3)9-12(10-16)15-13(17)11-7-5-4-6-8-11/h4-5,11-12,16H,6-10H2,1-3H3,(H,15,17). The predicted molar refractivity (Wildman–Crippen MR) is 69.6 cm³/mol. The van der Waals surface area contributed by atoms with E-state index in [1.54, 1.807) is 0 Å². The van der Waals surface area contributed by atoms with Gasteiger partial charge in [0.15, 0.2) is 0 Å². The van der Waals surface area contributed by atoms with Gasteiger partial charge >= 0.3 is 0 Å². The Morgan fingerprint density at radius 1 is 1.47 bits per heavy atom. The number of aliphatic hydroxyl groups is 1. The molecule has 0 aromatic carbocycles. The first-order valence-corrected chi connectivity index (χ1v) is 6.48. The van der Waals surface area contributed by atoms with E-state index in [1.165, 1.54) is 0 Å². The number of rotatable bonds is 4. The highest BCUT2D eigenvalue weighted by Gasteiger charge is 2.24. The van der Waals surface area contributed by atoms with Crippen LogP contribution in [0.1, 0.15) is 46.5 Å². The maximum Gasteiger partial charge on any atom is 0.223 e. The van der Waals surface area contributed by atoms with Gasteiger partial charge in [0.05, 0.1) is 12.6 Å². The number of nitrogens with one attached hydrogen (secondary N) is 1. The van der Waals surface area contributed by atoms with Gasteiger partial charge in [0.25, 0.3) is 0 Å². The number of allylic oxidation sites excluding steroid dienone is 2. The molecule has 17 heavy (non-hydrogen) atoms. The third-order valence-electron chi connectivity index (χ3n) is 3.07. The van der Waals surface area contributed by atoms with Crippen molar-refractivity contribution < 1.29 is 9.90 Å². The molecule has 0 aromatic heterocycles. The Morgan fingerprint density at radius 3 is 2.65 bits per heavy atom. The molecule has 98 valence electrons. The molecule has 0 saturated carbocycles. The molecule has 2 unspecified atom stereocenters. The fraction of sp³-hybridized carbons (Fsp3) is 0.786. The molecule has 1 aliphatic rings. The fourth-order valence-corrected chi connectivity index (χ4v) is 2.25. The molecule has 0 aliphatic heterocycles. The quantitative estimate of drug-likeness (QED) is 0.739. The Morgan fingerprint density at radius 2 is 2.18 bits per heavy atom. The van der Waals surface area contributed by atoms with Crippen LogP contribution in [0.5, 0.6) is 0 Å². The zero-order valence-corrected chi connectivity index (χ0v) is 11.2. The van der Waals surface area contributed by atoms with Crippen LogP contribution in [0.3, 0.4) is 0 Å². The third-order valence-corrected chi connectivity index (χ3v) is 3.07. The minimum Gasteiger partial charge on any atom is -0.394 e. The predicted octanol–water partition coefficient (Wildman–Crippen LogP) is 2.26. The molecule has 0 fully saturated rings. The summed E-state index contributed by atoms with van der Waals surface area (Å²) in [4.78, 5) is 12.0. The lowest BCUT2D eigenvalue weighted by Crippen LogP contribution is -2.43. The lowest BCUT2D eigenvalue weighted by molar-refractivity contribution is -0.126. The van der Waals surface area contributed by atoms with Gasteiger partial charge in [0, 0.05) is 5.92 Å². The molecule has 0 heterocycles. The zero-order valence-electron chi connectivity index (χ0n) is 11.2. The van der Waals surface area contributed by atoms with Crippen LogP contribution in [-0.2, 0) is 4.79 Å². The number of carbonyl (C=O) groups excluding carboxylic acids is 1. The summed E-state index contributed by atoms with van der Waals surface area (Å²) in [6.45, 7) is 6.37. The Kier molecular flexibility index (Phi) is 5.19. The van der Waals surface area contributed by atoms with Crippen LogP contribution in [0.2, 0.25) is 0 Å². The number of amides is 1. The molecule has 0 aromatic rings. The summed E-state index contributed by atoms with van der Waals surface area (Å²) in [7, 11) is 0. The molecular formula is C14H25NO2. The van der Waals surface area contributed by atoms with Gasteiger partial charge in [-0.3, -0.25) is 4.79 Å². The van der Waals surface area contributed by atoms with Crippen LogP contribution in [0.25, 0.3) is 0 Å². The van der Waals surface area contributed by atoms with Crippen molar-refractivity contribution >= 4 is 5.91 Å². The topological polar surface area (TPSA) is 49.3 Å². The second kappa shape index (κ2) is 6.20. The molecule has 0 spiro atoms. The van der Waals surface area contributed by atoms with Crippen molar-refractivity contribution in [3.05, 3.63) is 12.2 Å². The Balaban J connectivity index is 2.44. The largest absolute Gasteiger partial charge is 0.394 e. The van der Waals surface area contributed by atoms with Crippen LogP contribution in [-0.4, -0.2) is 23.7 Å². The summed E-state index contributed by atoms with van der Waals surface area (Å²) in [6, 6.07) is -0.117. The molecule has 2 atom stereocenters. The zero-order chi connectivity index (χ0) is 12.9. The van der Waals surface area contributed by atoms with E-state index in [4.69, 9.17) is 0 Å². The molecule has 0 radical (unpaired) electrons. The normalized spacial score (nSPS) is 22.2. The van der Waals surface area contributed by atoms with Gasteiger partial charge in [-0.25, -0.2) is 0 Å². The Labute approximate surface area is 104 Å². The van der Waals surface area contributed by atoms with Crippen molar-refractivity contribution in [3.8, 4) is 0 Å². The van der Waals surface area contributed by atoms with E-state index in [2.05, 4.69) is 38.2 Å². The molecular weight excluding hydrogens is 214 g/mol. The van der Waals surface area contributed by atoms with E-state index < -0.39 is 0 Å². The number of hydrogen-bond acceptors (Lipinski definition) is 2. The molecule has 3 heteroatoms. The van der Waals surface area contributed by atoms with Gasteiger partial charge in [0.2, 0.25) is 5.91 Å². The van der Waals surface area contributed by atoms with E-state index >= 15 is 0 Å². The van der Waals surface area contributed by atoms with Crippen LogP contribution in [0.15, 0.2) is 12.2 Å². The average Bonchev–Trinajstić information content (AvgIpc) is 2.27. The van der Waals surface area contributed by atoms with E-state index in [9.17, 15) is 9.90 Å². The fourth-order valence-electron chi connectivity index (χ4n) is 2.25. The maximum absolute atomic E-state index is 12.0. The van der Waals surface area contributed by atoms with E-state index in [0.717, 1.165) is 25.7 Å². The first-order chi connectivity index (χ1) is 7.92.